The van der Waals surface area contributed by atoms with Crippen molar-refractivity contribution < 1.29 is 30.0 Å². The molecule has 0 spiro atoms. The molecular formula is C7H10O6. The molecule has 0 aromatic carbocycles. The fourth-order valence-electron chi connectivity index (χ4n) is 0.744. The van der Waals surface area contributed by atoms with E-state index in [-0.39, 0.29) is 5.57 Å². The van der Waals surface area contributed by atoms with Gasteiger partial charge in [0.1, 0.15) is 0 Å². The minimum atomic E-state index is -1.44. The Hall–Kier alpha value is -1.40. The lowest BCUT2D eigenvalue weighted by molar-refractivity contribution is -0.139. The van der Waals surface area contributed by atoms with Gasteiger partial charge in [-0.3, -0.25) is 4.79 Å². The Kier molecular flexibility index (Phi) is 4.71. The number of hydrogen-bond acceptors (Lipinski definition) is 4. The van der Waals surface area contributed by atoms with Gasteiger partial charge in [-0.2, -0.15) is 0 Å². The van der Waals surface area contributed by atoms with E-state index in [1.807, 2.05) is 0 Å². The molecule has 0 aliphatic rings. The molecule has 0 aliphatic carbocycles. The van der Waals surface area contributed by atoms with Gasteiger partial charge in [0.2, 0.25) is 0 Å². The normalized spacial score (nSPS) is 9.38. The molecule has 13 heavy (non-hydrogen) atoms. The van der Waals surface area contributed by atoms with E-state index >= 15 is 0 Å². The van der Waals surface area contributed by atoms with Gasteiger partial charge in [-0.25, -0.2) is 4.79 Å². The molecule has 0 rings (SSSR count). The Morgan fingerprint density at radius 1 is 1.00 bits per heavy atom. The minimum absolute atomic E-state index is 0.185. The number of carboxylic acids is 2. The maximum Gasteiger partial charge on any atom is 0.332 e. The third kappa shape index (κ3) is 3.68. The molecule has 0 unspecified atom stereocenters. The number of aliphatic hydroxyl groups is 2. The van der Waals surface area contributed by atoms with Crippen LogP contribution in [0.2, 0.25) is 0 Å². The first-order valence-corrected chi connectivity index (χ1v) is 3.40. The molecule has 0 radical (unpaired) electrons. The van der Waals surface area contributed by atoms with Crippen molar-refractivity contribution in [3.63, 3.8) is 0 Å². The molecule has 0 aromatic heterocycles. The molecule has 0 saturated carbocycles. The molecule has 0 atom stereocenters. The fourth-order valence-corrected chi connectivity index (χ4v) is 0.744. The van der Waals surface area contributed by atoms with Gasteiger partial charge in [-0.05, 0) is 5.57 Å². The van der Waals surface area contributed by atoms with Gasteiger partial charge in [0.25, 0.3) is 0 Å². The lowest BCUT2D eigenvalue weighted by atomic mass is 10.1. The maximum atomic E-state index is 10.5. The largest absolute Gasteiger partial charge is 0.481 e. The second-order valence-corrected chi connectivity index (χ2v) is 2.27. The highest BCUT2D eigenvalue weighted by Gasteiger charge is 2.16. The maximum absolute atomic E-state index is 10.5. The van der Waals surface area contributed by atoms with Crippen LogP contribution in [-0.2, 0) is 9.59 Å². The van der Waals surface area contributed by atoms with Gasteiger partial charge in [0.05, 0.1) is 25.2 Å². The molecule has 0 saturated heterocycles. The van der Waals surface area contributed by atoms with Gasteiger partial charge >= 0.3 is 11.9 Å². The third-order valence-corrected chi connectivity index (χ3v) is 1.39. The summed E-state index contributed by atoms with van der Waals surface area (Å²) >= 11 is 0. The van der Waals surface area contributed by atoms with E-state index in [0.717, 1.165) is 0 Å². The van der Waals surface area contributed by atoms with Crippen LogP contribution >= 0.6 is 0 Å². The topological polar surface area (TPSA) is 115 Å². The van der Waals surface area contributed by atoms with Crippen molar-refractivity contribution in [1.82, 2.24) is 0 Å². The molecule has 0 heterocycles. The lowest BCUT2D eigenvalue weighted by Gasteiger charge is -2.04. The van der Waals surface area contributed by atoms with Crippen LogP contribution in [0.15, 0.2) is 11.1 Å². The summed E-state index contributed by atoms with van der Waals surface area (Å²) in [4.78, 5) is 20.6. The highest BCUT2D eigenvalue weighted by Crippen LogP contribution is 2.08. The number of carboxylic acid groups (broad SMARTS) is 2. The van der Waals surface area contributed by atoms with Gasteiger partial charge in [-0.15, -0.1) is 0 Å². The second-order valence-electron chi connectivity index (χ2n) is 2.27. The van der Waals surface area contributed by atoms with Crippen LogP contribution in [0.3, 0.4) is 0 Å². The molecule has 0 bridgehead atoms. The number of aliphatic hydroxyl groups excluding tert-OH is 2. The van der Waals surface area contributed by atoms with E-state index in [4.69, 9.17) is 20.4 Å². The van der Waals surface area contributed by atoms with E-state index in [0.29, 0.717) is 0 Å². The van der Waals surface area contributed by atoms with Crippen LogP contribution in [0, 0.1) is 0 Å². The summed E-state index contributed by atoms with van der Waals surface area (Å²) in [7, 11) is 0. The molecule has 0 aliphatic heterocycles. The number of carbonyl (C=O) groups is 2. The SMILES string of the molecule is O=C(O)CC(C(=O)O)=C(CO)CO. The molecule has 6 heteroatoms. The molecule has 4 N–H and O–H groups in total. The average molecular weight is 190 g/mol. The second kappa shape index (κ2) is 5.28. The third-order valence-electron chi connectivity index (χ3n) is 1.39. The van der Waals surface area contributed by atoms with E-state index in [2.05, 4.69) is 0 Å². The van der Waals surface area contributed by atoms with Crippen LogP contribution < -0.4 is 0 Å². The minimum Gasteiger partial charge on any atom is -0.481 e. The summed E-state index contributed by atoms with van der Waals surface area (Å²) in [5, 5.41) is 34.0. The van der Waals surface area contributed by atoms with Crippen LogP contribution in [0.25, 0.3) is 0 Å². The number of rotatable bonds is 5. The van der Waals surface area contributed by atoms with Crippen LogP contribution in [0.4, 0.5) is 0 Å². The summed E-state index contributed by atoms with van der Waals surface area (Å²) in [5.74, 6) is -2.77. The van der Waals surface area contributed by atoms with Gasteiger partial charge in [-0.1, -0.05) is 0 Å². The first-order chi connectivity index (χ1) is 6.02. The molecule has 0 fully saturated rings. The summed E-state index contributed by atoms with van der Waals surface area (Å²) in [6.45, 7) is -1.32. The van der Waals surface area contributed by atoms with Gasteiger partial charge < -0.3 is 20.4 Å². The van der Waals surface area contributed by atoms with Crippen molar-refractivity contribution >= 4 is 11.9 Å². The summed E-state index contributed by atoms with van der Waals surface area (Å²) in [6, 6.07) is 0. The highest BCUT2D eigenvalue weighted by atomic mass is 16.4. The van der Waals surface area contributed by atoms with Crippen LogP contribution in [-0.4, -0.2) is 45.6 Å². The monoisotopic (exact) mass is 190 g/mol. The Labute approximate surface area is 73.7 Å². The van der Waals surface area contributed by atoms with Crippen LogP contribution in [0.1, 0.15) is 6.42 Å². The average Bonchev–Trinajstić information content (AvgIpc) is 2.04. The first-order valence-electron chi connectivity index (χ1n) is 3.40. The molecular weight excluding hydrogens is 180 g/mol. The summed E-state index contributed by atoms with van der Waals surface area (Å²) in [6.07, 6.45) is -0.716. The quantitative estimate of drug-likeness (QED) is 0.406. The van der Waals surface area contributed by atoms with Crippen molar-refractivity contribution in [3.05, 3.63) is 11.1 Å². The van der Waals surface area contributed by atoms with E-state index in [1.54, 1.807) is 0 Å². The summed E-state index contributed by atoms with van der Waals surface area (Å²) in [5.41, 5.74) is -0.660. The summed E-state index contributed by atoms with van der Waals surface area (Å²) < 4.78 is 0. The Morgan fingerprint density at radius 2 is 1.46 bits per heavy atom. The van der Waals surface area contributed by atoms with Gasteiger partial charge in [0, 0.05) is 0 Å². The zero-order valence-corrected chi connectivity index (χ0v) is 6.73. The van der Waals surface area contributed by atoms with Gasteiger partial charge in [0.15, 0.2) is 0 Å². The van der Waals surface area contributed by atoms with Crippen molar-refractivity contribution in [3.8, 4) is 0 Å². The molecule has 74 valence electrons. The number of aliphatic carboxylic acids is 2. The molecule has 6 nitrogen and oxygen atoms in total. The Morgan fingerprint density at radius 3 is 1.69 bits per heavy atom. The van der Waals surface area contributed by atoms with Crippen molar-refractivity contribution in [2.24, 2.45) is 0 Å². The van der Waals surface area contributed by atoms with E-state index in [1.165, 1.54) is 0 Å². The van der Waals surface area contributed by atoms with Crippen molar-refractivity contribution in [2.45, 2.75) is 6.42 Å². The Bertz CT molecular complexity index is 235. The smallest absolute Gasteiger partial charge is 0.332 e. The predicted molar refractivity (Wildman–Crippen MR) is 41.1 cm³/mol. The highest BCUT2D eigenvalue weighted by molar-refractivity contribution is 5.93. The zero-order valence-electron chi connectivity index (χ0n) is 6.73. The predicted octanol–water partition coefficient (Wildman–Crippen LogP) is -1.17. The first kappa shape index (κ1) is 11.6. The van der Waals surface area contributed by atoms with Crippen molar-refractivity contribution in [2.75, 3.05) is 13.2 Å². The molecule has 0 aromatic rings. The van der Waals surface area contributed by atoms with E-state index < -0.39 is 37.1 Å². The Balaban J connectivity index is 4.85. The number of hydrogen-bond donors (Lipinski definition) is 4. The standard InChI is InChI=1S/C7H10O6/c8-2-4(3-9)5(7(12)13)1-6(10)11/h8-9H,1-3H2,(H,10,11)(H,12,13). The zero-order chi connectivity index (χ0) is 10.4. The fraction of sp³-hybridized carbons (Fsp3) is 0.429. The van der Waals surface area contributed by atoms with Crippen molar-refractivity contribution in [1.29, 1.82) is 0 Å². The van der Waals surface area contributed by atoms with Crippen LogP contribution in [0.5, 0.6) is 0 Å². The molecule has 0 amide bonds. The lowest BCUT2D eigenvalue weighted by Crippen LogP contribution is -2.13. The van der Waals surface area contributed by atoms with E-state index in [9.17, 15) is 9.59 Å².